The van der Waals surface area contributed by atoms with Crippen molar-refractivity contribution in [3.63, 3.8) is 0 Å². The molecule has 3 rings (SSSR count). The number of aliphatic imine (C=N–C) groups is 1. The van der Waals surface area contributed by atoms with Crippen molar-refractivity contribution >= 4 is 47.1 Å². The third-order valence-corrected chi connectivity index (χ3v) is 5.70. The number of aromatic nitrogens is 1. The van der Waals surface area contributed by atoms with Gasteiger partial charge in [-0.2, -0.15) is 0 Å². The summed E-state index contributed by atoms with van der Waals surface area (Å²) >= 11 is 2.13. The Balaban J connectivity index is 2.02. The van der Waals surface area contributed by atoms with Crippen molar-refractivity contribution in [1.29, 1.82) is 0 Å². The Bertz CT molecular complexity index is 1090. The molecule has 0 atom stereocenters. The number of hydrogen-bond donors (Lipinski definition) is 1. The van der Waals surface area contributed by atoms with Crippen molar-refractivity contribution in [3.8, 4) is 23.8 Å². The number of ether oxygens (including phenoxy) is 1. The summed E-state index contributed by atoms with van der Waals surface area (Å²) in [6.07, 6.45) is 7.00. The van der Waals surface area contributed by atoms with Crippen LogP contribution in [0.5, 0.6) is 11.5 Å². The van der Waals surface area contributed by atoms with Gasteiger partial charge in [-0.3, -0.25) is 8.96 Å². The summed E-state index contributed by atoms with van der Waals surface area (Å²) in [4.78, 5) is 3.89. The highest BCUT2D eigenvalue weighted by Gasteiger charge is 2.16. The number of amidine groups is 1. The Hall–Kier alpha value is -2.25. The first-order valence-electron chi connectivity index (χ1n) is 7.76. The first kappa shape index (κ1) is 19.5. The van der Waals surface area contributed by atoms with Gasteiger partial charge in [-0.15, -0.1) is 6.42 Å². The van der Waals surface area contributed by atoms with Crippen molar-refractivity contribution in [1.82, 2.24) is 3.97 Å². The number of nitrogens with zero attached hydrogens (tertiary/aromatic N) is 2. The van der Waals surface area contributed by atoms with E-state index >= 15 is 0 Å². The third kappa shape index (κ3) is 3.89. The van der Waals surface area contributed by atoms with E-state index in [1.54, 1.807) is 6.92 Å². The van der Waals surface area contributed by atoms with Gasteiger partial charge < -0.3 is 10.5 Å². The van der Waals surface area contributed by atoms with Crippen LogP contribution in [0.4, 0.5) is 8.78 Å². The summed E-state index contributed by atoms with van der Waals surface area (Å²) in [6.45, 7) is 1.81. The molecule has 2 aromatic carbocycles. The van der Waals surface area contributed by atoms with Crippen LogP contribution in [0.15, 0.2) is 41.5 Å². The van der Waals surface area contributed by atoms with Gasteiger partial charge in [0.25, 0.3) is 0 Å². The van der Waals surface area contributed by atoms with Crippen molar-refractivity contribution in [2.45, 2.75) is 6.92 Å². The molecule has 2 N–H and O–H groups in total. The van der Waals surface area contributed by atoms with E-state index in [0.717, 1.165) is 10.9 Å². The summed E-state index contributed by atoms with van der Waals surface area (Å²) in [5, 5.41) is 0.869. The number of halogens is 3. The zero-order valence-corrected chi connectivity index (χ0v) is 17.1. The number of aryl methyl sites for hydroxylation is 1. The van der Waals surface area contributed by atoms with E-state index in [4.69, 9.17) is 16.9 Å². The lowest BCUT2D eigenvalue weighted by Crippen LogP contribution is -2.16. The van der Waals surface area contributed by atoms with Gasteiger partial charge in [0, 0.05) is 53.5 Å². The van der Waals surface area contributed by atoms with Gasteiger partial charge in [0.05, 0.1) is 11.1 Å². The second-order valence-electron chi connectivity index (χ2n) is 5.61. The minimum atomic E-state index is -0.565. The Morgan fingerprint density at radius 2 is 2.11 bits per heavy atom. The lowest BCUT2D eigenvalue weighted by atomic mass is 10.1. The molecule has 0 saturated carbocycles. The molecule has 8 heteroatoms. The first-order chi connectivity index (χ1) is 13.0. The van der Waals surface area contributed by atoms with Gasteiger partial charge in [0.2, 0.25) is 0 Å². The van der Waals surface area contributed by atoms with Gasteiger partial charge in [-0.05, 0) is 31.2 Å². The Kier molecular flexibility index (Phi) is 5.92. The second-order valence-corrected chi connectivity index (χ2v) is 7.32. The molecule has 0 fully saturated rings. The molecule has 0 radical (unpaired) electrons. The van der Waals surface area contributed by atoms with Crippen LogP contribution in [0.2, 0.25) is 0 Å². The number of fused-ring (bicyclic) bond motifs is 1. The largest absolute Gasteiger partial charge is 0.454 e. The normalized spacial score (nSPS) is 11.6. The fourth-order valence-electron chi connectivity index (χ4n) is 2.66. The Morgan fingerprint density at radius 1 is 1.33 bits per heavy atom. The maximum atomic E-state index is 14.7. The molecule has 0 bridgehead atoms. The predicted octanol–water partition coefficient (Wildman–Crippen LogP) is 5.21. The maximum Gasteiger partial charge on any atom is 0.168 e. The highest BCUT2D eigenvalue weighted by Crippen LogP contribution is 2.36. The van der Waals surface area contributed by atoms with E-state index in [2.05, 4.69) is 32.1 Å². The van der Waals surface area contributed by atoms with E-state index in [-0.39, 0.29) is 29.4 Å². The highest BCUT2D eigenvalue weighted by molar-refractivity contribution is 14.2. The van der Waals surface area contributed by atoms with Crippen LogP contribution < -0.4 is 10.5 Å². The summed E-state index contributed by atoms with van der Waals surface area (Å²) in [5.74, 6) is 1.51. The van der Waals surface area contributed by atoms with Crippen LogP contribution in [0.1, 0.15) is 11.1 Å². The second kappa shape index (κ2) is 8.19. The average Bonchev–Trinajstić information content (AvgIpc) is 3.07. The van der Waals surface area contributed by atoms with Crippen LogP contribution in [-0.4, -0.2) is 16.4 Å². The van der Waals surface area contributed by atoms with Gasteiger partial charge in [0.15, 0.2) is 11.6 Å². The number of terminal acetylenes is 1. The minimum Gasteiger partial charge on any atom is -0.454 e. The first-order valence-corrected chi connectivity index (χ1v) is 11.1. The fourth-order valence-corrected chi connectivity index (χ4v) is 4.02. The predicted molar refractivity (Wildman–Crippen MR) is 115 cm³/mol. The van der Waals surface area contributed by atoms with Crippen LogP contribution >= 0.6 is 30.3 Å². The van der Waals surface area contributed by atoms with E-state index in [1.165, 1.54) is 33.4 Å². The molecule has 1 heterocycles. The maximum absolute atomic E-state index is 14.7. The quantitative estimate of drug-likeness (QED) is 0.228. The third-order valence-electron chi connectivity index (χ3n) is 3.96. The highest BCUT2D eigenvalue weighted by atomic mass is 127. The van der Waals surface area contributed by atoms with Crippen LogP contribution in [0, 0.1) is 30.9 Å². The smallest absolute Gasteiger partial charge is 0.168 e. The summed E-state index contributed by atoms with van der Waals surface area (Å²) in [5.41, 5.74) is 7.23. The molecule has 138 valence electrons. The van der Waals surface area contributed by atoms with E-state index < -0.39 is 11.6 Å². The van der Waals surface area contributed by atoms with Crippen LogP contribution in [0.3, 0.4) is 0 Å². The van der Waals surface area contributed by atoms with Crippen molar-refractivity contribution < 1.29 is 13.5 Å². The molecule has 0 spiro atoms. The molecule has 0 amide bonds. The molecule has 0 saturated heterocycles. The van der Waals surface area contributed by atoms with Crippen LogP contribution in [-0.2, 0) is 0 Å². The van der Waals surface area contributed by atoms with Crippen molar-refractivity contribution in [2.75, 3.05) is 6.54 Å². The molecule has 0 unspecified atom stereocenters. The van der Waals surface area contributed by atoms with Crippen LogP contribution in [0.25, 0.3) is 10.9 Å². The number of benzene rings is 2. The van der Waals surface area contributed by atoms with Gasteiger partial charge in [-0.1, -0.05) is 5.92 Å². The summed E-state index contributed by atoms with van der Waals surface area (Å²) in [6, 6.07) is 7.28. The molecule has 1 aromatic heterocycles. The van der Waals surface area contributed by atoms with Gasteiger partial charge >= 0.3 is 0 Å². The number of nitrogens with two attached hydrogens (primary N) is 1. The monoisotopic (exact) mass is 497 g/mol. The van der Waals surface area contributed by atoms with E-state index in [0.29, 0.717) is 5.56 Å². The zero-order valence-electron chi connectivity index (χ0n) is 14.2. The molecule has 27 heavy (non-hydrogen) atoms. The van der Waals surface area contributed by atoms with Gasteiger partial charge in [-0.25, -0.2) is 8.78 Å². The standard InChI is InChI=1S/C19H14F2IN3OS/c1-3-7-24-19(23)14-9-12(4-5-15(14)20)26-18-11(2)13-6-8-25(27-22)17(13)10-16(18)21/h1,4-6,8-10H,7H2,2H3,(H2,23,24). The molecule has 3 aromatic rings. The molecular formula is C19H14F2IN3OS. The molecule has 0 aliphatic carbocycles. The fraction of sp³-hybridized carbons (Fsp3) is 0.105. The average molecular weight is 497 g/mol. The topological polar surface area (TPSA) is 52.5 Å². The van der Waals surface area contributed by atoms with Gasteiger partial charge in [0.1, 0.15) is 23.9 Å². The molecular weight excluding hydrogens is 483 g/mol. The summed E-state index contributed by atoms with van der Waals surface area (Å²) < 4.78 is 36.3. The number of rotatable bonds is 5. The Morgan fingerprint density at radius 3 is 2.81 bits per heavy atom. The lowest BCUT2D eigenvalue weighted by Gasteiger charge is -2.13. The van der Waals surface area contributed by atoms with Crippen molar-refractivity contribution in [3.05, 3.63) is 59.3 Å². The molecule has 0 aliphatic heterocycles. The lowest BCUT2D eigenvalue weighted by molar-refractivity contribution is 0.439. The number of hydrogen-bond acceptors (Lipinski definition) is 3. The molecule has 4 nitrogen and oxygen atoms in total. The molecule has 0 aliphatic rings. The minimum absolute atomic E-state index is 0.0343. The SMILES string of the molecule is C#CCN=C(N)c1cc(Oc2c(F)cc3c(ccn3SI)c2C)ccc1F. The van der Waals surface area contributed by atoms with Crippen molar-refractivity contribution in [2.24, 2.45) is 10.7 Å². The van der Waals surface area contributed by atoms with E-state index in [1.807, 2.05) is 16.2 Å². The van der Waals surface area contributed by atoms with E-state index in [9.17, 15) is 8.78 Å². The Labute approximate surface area is 171 Å². The summed E-state index contributed by atoms with van der Waals surface area (Å²) in [7, 11) is 1.44. The zero-order chi connectivity index (χ0) is 19.6.